The maximum Gasteiger partial charge on any atom is 0.0662 e. The van der Waals surface area contributed by atoms with Gasteiger partial charge in [-0.3, -0.25) is 4.99 Å². The van der Waals surface area contributed by atoms with Gasteiger partial charge in [-0.25, -0.2) is 0 Å². The Kier molecular flexibility index (Phi) is 5.68. The second-order valence-electron chi connectivity index (χ2n) is 11.4. The minimum atomic E-state index is 0.833. The topological polar surface area (TPSA) is 17.3 Å². The fourth-order valence-electron chi connectivity index (χ4n) is 6.60. The molecule has 200 valence electrons. The highest BCUT2D eigenvalue weighted by Crippen LogP contribution is 2.39. The molecule has 0 unspecified atom stereocenters. The van der Waals surface area contributed by atoms with Crippen LogP contribution in [0.3, 0.4) is 0 Å². The summed E-state index contributed by atoms with van der Waals surface area (Å²) in [5.74, 6) is 0. The highest BCUT2D eigenvalue weighted by molar-refractivity contribution is 6.12. The number of para-hydroxylation sites is 3. The van der Waals surface area contributed by atoms with E-state index in [1.54, 1.807) is 0 Å². The number of hydrogen-bond acceptors (Lipinski definition) is 1. The molecule has 42 heavy (non-hydrogen) atoms. The van der Waals surface area contributed by atoms with E-state index in [0.29, 0.717) is 0 Å². The third kappa shape index (κ3) is 3.99. The van der Waals surface area contributed by atoms with Crippen LogP contribution in [-0.4, -0.2) is 10.3 Å². The summed E-state index contributed by atoms with van der Waals surface area (Å²) >= 11 is 0. The van der Waals surface area contributed by atoms with Gasteiger partial charge >= 0.3 is 0 Å². The van der Waals surface area contributed by atoms with Crippen molar-refractivity contribution in [2.45, 2.75) is 20.3 Å². The monoisotopic (exact) mass is 538 g/mol. The number of aromatic nitrogens is 1. The number of aliphatic imine (C=N–C) groups is 1. The van der Waals surface area contributed by atoms with E-state index in [0.717, 1.165) is 17.8 Å². The van der Waals surface area contributed by atoms with Crippen LogP contribution in [0.4, 0.5) is 5.69 Å². The molecule has 0 aliphatic heterocycles. The van der Waals surface area contributed by atoms with Crippen LogP contribution in [0.5, 0.6) is 0 Å². The molecule has 1 aromatic heterocycles. The Morgan fingerprint density at radius 3 is 2.02 bits per heavy atom. The van der Waals surface area contributed by atoms with Gasteiger partial charge in [0.05, 0.1) is 22.4 Å². The average molecular weight is 539 g/mol. The zero-order valence-corrected chi connectivity index (χ0v) is 23.8. The maximum absolute atomic E-state index is 5.19. The Hall–Kier alpha value is -5.21. The lowest BCUT2D eigenvalue weighted by Gasteiger charge is -2.23. The number of rotatable bonds is 3. The minimum Gasteiger partial charge on any atom is -0.309 e. The molecule has 0 saturated heterocycles. The molecule has 2 nitrogen and oxygen atoms in total. The van der Waals surface area contributed by atoms with Crippen molar-refractivity contribution >= 4 is 33.2 Å². The highest BCUT2D eigenvalue weighted by atomic mass is 15.0. The smallest absolute Gasteiger partial charge is 0.0662 e. The Balaban J connectivity index is 1.31. The summed E-state index contributed by atoms with van der Waals surface area (Å²) in [6, 6.07) is 48.4. The fraction of sp³-hybridized carbons (Fsp3) is 0.0750. The summed E-state index contributed by atoms with van der Waals surface area (Å²) in [5, 5.41) is 2.56. The van der Waals surface area contributed by atoms with Gasteiger partial charge in [0.15, 0.2) is 0 Å². The van der Waals surface area contributed by atoms with Gasteiger partial charge in [-0.15, -0.1) is 0 Å². The van der Waals surface area contributed by atoms with Crippen LogP contribution in [0.15, 0.2) is 138 Å². The van der Waals surface area contributed by atoms with Crippen molar-refractivity contribution < 1.29 is 0 Å². The third-order valence-corrected chi connectivity index (χ3v) is 8.60. The molecule has 0 saturated carbocycles. The largest absolute Gasteiger partial charge is 0.309 e. The van der Waals surface area contributed by atoms with E-state index in [4.69, 9.17) is 4.99 Å². The molecule has 8 rings (SSSR count). The Bertz CT molecular complexity index is 2140. The van der Waals surface area contributed by atoms with Crippen LogP contribution in [0.1, 0.15) is 22.3 Å². The summed E-state index contributed by atoms with van der Waals surface area (Å²) in [5.41, 5.74) is 15.8. The van der Waals surface area contributed by atoms with Gasteiger partial charge in [-0.1, -0.05) is 97.1 Å². The normalized spacial score (nSPS) is 13.4. The van der Waals surface area contributed by atoms with Crippen molar-refractivity contribution in [2.24, 2.45) is 4.99 Å². The number of aryl methyl sites for hydroxylation is 2. The summed E-state index contributed by atoms with van der Waals surface area (Å²) in [6.45, 7) is 4.33. The summed E-state index contributed by atoms with van der Waals surface area (Å²) < 4.78 is 2.40. The van der Waals surface area contributed by atoms with Crippen LogP contribution < -0.4 is 0 Å². The average Bonchev–Trinajstić information content (AvgIpc) is 3.36. The molecule has 0 atom stereocenters. The standard InChI is InChI=1S/C40H30N2/c1-26-21-30(23-31(22-26)42-39-17-9-6-14-34(39)35-15-7-10-18-40(35)42)28-19-20-33-36(24-28)32-13-5-4-12-29(32)25-38(33)41-37-16-8-3-11-27(37)2/h3-24H,25H2,1-2H3/b41-38+. The third-order valence-electron chi connectivity index (χ3n) is 8.60. The molecule has 0 radical (unpaired) electrons. The second kappa shape index (κ2) is 9.71. The van der Waals surface area contributed by atoms with E-state index >= 15 is 0 Å². The molecule has 0 fully saturated rings. The van der Waals surface area contributed by atoms with Crippen LogP contribution in [0.25, 0.3) is 49.7 Å². The molecule has 2 heteroatoms. The van der Waals surface area contributed by atoms with E-state index in [9.17, 15) is 0 Å². The Morgan fingerprint density at radius 2 is 1.24 bits per heavy atom. The fourth-order valence-corrected chi connectivity index (χ4v) is 6.60. The summed E-state index contributed by atoms with van der Waals surface area (Å²) in [4.78, 5) is 5.19. The predicted octanol–water partition coefficient (Wildman–Crippen LogP) is 10.4. The number of benzene rings is 6. The van der Waals surface area contributed by atoms with Crippen LogP contribution in [-0.2, 0) is 6.42 Å². The van der Waals surface area contributed by atoms with E-state index < -0.39 is 0 Å². The number of nitrogens with zero attached hydrogens (tertiary/aromatic N) is 2. The predicted molar refractivity (Wildman–Crippen MR) is 177 cm³/mol. The van der Waals surface area contributed by atoms with E-state index in [2.05, 4.69) is 152 Å². The Labute approximate surface area is 246 Å². The van der Waals surface area contributed by atoms with Crippen molar-refractivity contribution in [1.29, 1.82) is 0 Å². The van der Waals surface area contributed by atoms with E-state index in [1.807, 2.05) is 0 Å². The zero-order valence-electron chi connectivity index (χ0n) is 23.8. The summed E-state index contributed by atoms with van der Waals surface area (Å²) in [6.07, 6.45) is 0.833. The molecule has 1 heterocycles. The SMILES string of the molecule is Cc1cc(-c2ccc3c(c2)-c2ccccc2C/C3=N\c2ccccc2C)cc(-n2c3ccccc3c3ccccc32)c1. The second-order valence-corrected chi connectivity index (χ2v) is 11.4. The van der Waals surface area contributed by atoms with Gasteiger partial charge in [0.2, 0.25) is 0 Å². The molecule has 1 aliphatic carbocycles. The first-order chi connectivity index (χ1) is 20.6. The Morgan fingerprint density at radius 1 is 0.548 bits per heavy atom. The van der Waals surface area contributed by atoms with Crippen molar-refractivity contribution in [3.8, 4) is 27.9 Å². The van der Waals surface area contributed by atoms with Gasteiger partial charge in [-0.2, -0.15) is 0 Å². The summed E-state index contributed by atoms with van der Waals surface area (Å²) in [7, 11) is 0. The van der Waals surface area contributed by atoms with E-state index in [-0.39, 0.29) is 0 Å². The maximum atomic E-state index is 5.19. The lowest BCUT2D eigenvalue weighted by atomic mass is 9.82. The highest BCUT2D eigenvalue weighted by Gasteiger charge is 2.22. The first-order valence-corrected chi connectivity index (χ1v) is 14.6. The lowest BCUT2D eigenvalue weighted by Crippen LogP contribution is -2.13. The van der Waals surface area contributed by atoms with Crippen LogP contribution >= 0.6 is 0 Å². The first kappa shape index (κ1) is 24.6. The van der Waals surface area contributed by atoms with Crippen LogP contribution in [0.2, 0.25) is 0 Å². The molecule has 0 bridgehead atoms. The number of fused-ring (bicyclic) bond motifs is 6. The van der Waals surface area contributed by atoms with Crippen molar-refractivity contribution in [1.82, 2.24) is 4.57 Å². The van der Waals surface area contributed by atoms with Gasteiger partial charge in [0, 0.05) is 28.4 Å². The quantitative estimate of drug-likeness (QED) is 0.213. The molecule has 7 aromatic rings. The van der Waals surface area contributed by atoms with Gasteiger partial charge in [0.25, 0.3) is 0 Å². The molecule has 1 aliphatic rings. The molecular formula is C40H30N2. The minimum absolute atomic E-state index is 0.833. The molecule has 6 aromatic carbocycles. The molecule has 0 spiro atoms. The van der Waals surface area contributed by atoms with E-state index in [1.165, 1.54) is 72.0 Å². The van der Waals surface area contributed by atoms with Crippen LogP contribution in [0, 0.1) is 13.8 Å². The number of hydrogen-bond donors (Lipinski definition) is 0. The molecule has 0 amide bonds. The van der Waals surface area contributed by atoms with Crippen molar-refractivity contribution in [3.63, 3.8) is 0 Å². The van der Waals surface area contributed by atoms with Gasteiger partial charge in [0.1, 0.15) is 0 Å². The lowest BCUT2D eigenvalue weighted by molar-refractivity contribution is 1.17. The first-order valence-electron chi connectivity index (χ1n) is 14.6. The molecule has 0 N–H and O–H groups in total. The van der Waals surface area contributed by atoms with Gasteiger partial charge in [-0.05, 0) is 89.2 Å². The molecular weight excluding hydrogens is 508 g/mol. The van der Waals surface area contributed by atoms with Crippen molar-refractivity contribution in [3.05, 3.63) is 156 Å². The van der Waals surface area contributed by atoms with Gasteiger partial charge < -0.3 is 4.57 Å². The zero-order chi connectivity index (χ0) is 28.2. The van der Waals surface area contributed by atoms with Crippen molar-refractivity contribution in [2.75, 3.05) is 0 Å².